The van der Waals surface area contributed by atoms with Crippen LogP contribution in [-0.2, 0) is 11.2 Å². The molecule has 0 saturated carbocycles. The normalized spacial score (nSPS) is 11.1. The number of aromatic nitrogens is 3. The molecule has 0 radical (unpaired) electrons. The van der Waals surface area contributed by atoms with Crippen LogP contribution in [0.15, 0.2) is 42.6 Å². The Morgan fingerprint density at radius 2 is 2.15 bits per heavy atom. The Hall–Kier alpha value is -2.27. The molecule has 1 aromatic carbocycles. The van der Waals surface area contributed by atoms with Gasteiger partial charge in [-0.2, -0.15) is 0 Å². The SMILES string of the molecule is COCCc1nc2ccc(F)cc2n1-c1ccccn1. The van der Waals surface area contributed by atoms with Gasteiger partial charge in [-0.25, -0.2) is 14.4 Å². The molecule has 3 rings (SSSR count). The molecule has 0 aliphatic rings. The zero-order valence-corrected chi connectivity index (χ0v) is 11.1. The molecule has 0 aliphatic heterocycles. The molecule has 0 amide bonds. The Morgan fingerprint density at radius 3 is 2.90 bits per heavy atom. The van der Waals surface area contributed by atoms with Gasteiger partial charge in [-0.05, 0) is 24.3 Å². The fourth-order valence-electron chi connectivity index (χ4n) is 2.20. The maximum absolute atomic E-state index is 13.5. The number of hydrogen-bond acceptors (Lipinski definition) is 3. The number of halogens is 1. The maximum atomic E-state index is 13.5. The van der Waals surface area contributed by atoms with Crippen LogP contribution in [0.2, 0.25) is 0 Å². The van der Waals surface area contributed by atoms with Crippen LogP contribution >= 0.6 is 0 Å². The van der Waals surface area contributed by atoms with Crippen LogP contribution in [0.4, 0.5) is 4.39 Å². The van der Waals surface area contributed by atoms with Gasteiger partial charge < -0.3 is 4.74 Å². The molecular formula is C15H14FN3O. The van der Waals surface area contributed by atoms with Gasteiger partial charge in [0.05, 0.1) is 17.6 Å². The van der Waals surface area contributed by atoms with Gasteiger partial charge in [0.2, 0.25) is 0 Å². The summed E-state index contributed by atoms with van der Waals surface area (Å²) < 4.78 is 20.5. The van der Waals surface area contributed by atoms with Crippen molar-refractivity contribution in [1.82, 2.24) is 14.5 Å². The van der Waals surface area contributed by atoms with Crippen LogP contribution in [0, 0.1) is 5.82 Å². The Labute approximate surface area is 115 Å². The van der Waals surface area contributed by atoms with Gasteiger partial charge in [-0.1, -0.05) is 6.07 Å². The molecule has 0 atom stereocenters. The van der Waals surface area contributed by atoms with E-state index in [2.05, 4.69) is 9.97 Å². The van der Waals surface area contributed by atoms with Gasteiger partial charge in [0.1, 0.15) is 17.5 Å². The molecule has 0 bridgehead atoms. The zero-order valence-electron chi connectivity index (χ0n) is 11.1. The molecule has 20 heavy (non-hydrogen) atoms. The van der Waals surface area contributed by atoms with Gasteiger partial charge in [0.25, 0.3) is 0 Å². The number of pyridine rings is 1. The number of nitrogens with zero attached hydrogens (tertiary/aromatic N) is 3. The van der Waals surface area contributed by atoms with E-state index < -0.39 is 0 Å². The Morgan fingerprint density at radius 1 is 1.25 bits per heavy atom. The van der Waals surface area contributed by atoms with E-state index in [1.54, 1.807) is 19.4 Å². The summed E-state index contributed by atoms with van der Waals surface area (Å²) in [6.45, 7) is 0.554. The first kappa shape index (κ1) is 12.7. The van der Waals surface area contributed by atoms with E-state index in [1.807, 2.05) is 22.8 Å². The summed E-state index contributed by atoms with van der Waals surface area (Å²) in [5.41, 5.74) is 1.47. The lowest BCUT2D eigenvalue weighted by Gasteiger charge is -2.07. The minimum Gasteiger partial charge on any atom is -0.384 e. The fraction of sp³-hybridized carbons (Fsp3) is 0.200. The molecule has 0 N–H and O–H groups in total. The van der Waals surface area contributed by atoms with Gasteiger partial charge in [-0.3, -0.25) is 4.57 Å². The summed E-state index contributed by atoms with van der Waals surface area (Å²) in [4.78, 5) is 8.87. The third kappa shape index (κ3) is 2.28. The Bertz CT molecular complexity index is 725. The van der Waals surface area contributed by atoms with Crippen molar-refractivity contribution in [2.75, 3.05) is 13.7 Å². The Balaban J connectivity index is 2.22. The molecular weight excluding hydrogens is 257 g/mol. The van der Waals surface area contributed by atoms with E-state index in [-0.39, 0.29) is 5.82 Å². The number of benzene rings is 1. The lowest BCUT2D eigenvalue weighted by atomic mass is 10.3. The quantitative estimate of drug-likeness (QED) is 0.732. The zero-order chi connectivity index (χ0) is 13.9. The lowest BCUT2D eigenvalue weighted by molar-refractivity contribution is 0.200. The van der Waals surface area contributed by atoms with Crippen LogP contribution < -0.4 is 0 Å². The summed E-state index contributed by atoms with van der Waals surface area (Å²) in [6.07, 6.45) is 2.35. The van der Waals surface area contributed by atoms with E-state index in [9.17, 15) is 4.39 Å². The van der Waals surface area contributed by atoms with Gasteiger partial charge in [-0.15, -0.1) is 0 Å². The van der Waals surface area contributed by atoms with Crippen LogP contribution in [0.1, 0.15) is 5.82 Å². The van der Waals surface area contributed by atoms with Crippen LogP contribution in [0.5, 0.6) is 0 Å². The third-order valence-corrected chi connectivity index (χ3v) is 3.09. The summed E-state index contributed by atoms with van der Waals surface area (Å²) >= 11 is 0. The van der Waals surface area contributed by atoms with Crippen molar-refractivity contribution in [3.8, 4) is 5.82 Å². The van der Waals surface area contributed by atoms with E-state index in [0.717, 1.165) is 22.7 Å². The van der Waals surface area contributed by atoms with Crippen molar-refractivity contribution in [1.29, 1.82) is 0 Å². The predicted molar refractivity (Wildman–Crippen MR) is 74.4 cm³/mol. The lowest BCUT2D eigenvalue weighted by Crippen LogP contribution is -2.06. The number of imidazole rings is 1. The van der Waals surface area contributed by atoms with Crippen molar-refractivity contribution in [2.45, 2.75) is 6.42 Å². The number of fused-ring (bicyclic) bond motifs is 1. The average Bonchev–Trinajstić information content (AvgIpc) is 2.83. The van der Waals surface area contributed by atoms with E-state index in [0.29, 0.717) is 13.0 Å². The molecule has 0 saturated heterocycles. The van der Waals surface area contributed by atoms with E-state index >= 15 is 0 Å². The molecule has 0 fully saturated rings. The standard InChI is InChI=1S/C15H14FN3O/c1-20-9-7-15-18-12-6-5-11(16)10-13(12)19(15)14-4-2-3-8-17-14/h2-6,8,10H,7,9H2,1H3. The van der Waals surface area contributed by atoms with Crippen LogP contribution in [-0.4, -0.2) is 28.3 Å². The molecule has 0 unspecified atom stereocenters. The van der Waals surface area contributed by atoms with Gasteiger partial charge in [0, 0.05) is 25.8 Å². The number of rotatable bonds is 4. The van der Waals surface area contributed by atoms with Crippen LogP contribution in [0.3, 0.4) is 0 Å². The molecule has 102 valence electrons. The van der Waals surface area contributed by atoms with Crippen molar-refractivity contribution in [3.63, 3.8) is 0 Å². The highest BCUT2D eigenvalue weighted by Gasteiger charge is 2.13. The maximum Gasteiger partial charge on any atom is 0.138 e. The number of ether oxygens (including phenoxy) is 1. The number of hydrogen-bond donors (Lipinski definition) is 0. The molecule has 2 heterocycles. The molecule has 2 aromatic heterocycles. The smallest absolute Gasteiger partial charge is 0.138 e. The average molecular weight is 271 g/mol. The second-order valence-electron chi connectivity index (χ2n) is 4.43. The second-order valence-corrected chi connectivity index (χ2v) is 4.43. The van der Waals surface area contributed by atoms with E-state index in [1.165, 1.54) is 12.1 Å². The third-order valence-electron chi connectivity index (χ3n) is 3.09. The largest absolute Gasteiger partial charge is 0.384 e. The summed E-state index contributed by atoms with van der Waals surface area (Å²) in [6, 6.07) is 10.2. The highest BCUT2D eigenvalue weighted by Crippen LogP contribution is 2.21. The Kier molecular flexibility index (Phi) is 3.43. The summed E-state index contributed by atoms with van der Waals surface area (Å²) in [7, 11) is 1.65. The topological polar surface area (TPSA) is 39.9 Å². The molecule has 4 nitrogen and oxygen atoms in total. The molecule has 3 aromatic rings. The minimum atomic E-state index is -0.284. The molecule has 0 aliphatic carbocycles. The van der Waals surface area contributed by atoms with Crippen molar-refractivity contribution < 1.29 is 9.13 Å². The van der Waals surface area contributed by atoms with Crippen LogP contribution in [0.25, 0.3) is 16.9 Å². The molecule has 5 heteroatoms. The molecule has 0 spiro atoms. The van der Waals surface area contributed by atoms with Crippen molar-refractivity contribution >= 4 is 11.0 Å². The van der Waals surface area contributed by atoms with Gasteiger partial charge in [0.15, 0.2) is 0 Å². The second kappa shape index (κ2) is 5.38. The fourth-order valence-corrected chi connectivity index (χ4v) is 2.20. The number of methoxy groups -OCH3 is 1. The first-order valence-corrected chi connectivity index (χ1v) is 6.37. The summed E-state index contributed by atoms with van der Waals surface area (Å²) in [5, 5.41) is 0. The highest BCUT2D eigenvalue weighted by molar-refractivity contribution is 5.78. The van der Waals surface area contributed by atoms with Crippen molar-refractivity contribution in [2.24, 2.45) is 0 Å². The predicted octanol–water partition coefficient (Wildman–Crippen LogP) is 2.75. The summed E-state index contributed by atoms with van der Waals surface area (Å²) in [5.74, 6) is 1.26. The first-order chi connectivity index (χ1) is 9.79. The van der Waals surface area contributed by atoms with Gasteiger partial charge >= 0.3 is 0 Å². The minimum absolute atomic E-state index is 0.284. The first-order valence-electron chi connectivity index (χ1n) is 6.37. The highest BCUT2D eigenvalue weighted by atomic mass is 19.1. The monoisotopic (exact) mass is 271 g/mol. The van der Waals surface area contributed by atoms with E-state index in [4.69, 9.17) is 4.74 Å². The van der Waals surface area contributed by atoms with Crippen molar-refractivity contribution in [3.05, 3.63) is 54.2 Å².